The molecule has 0 saturated heterocycles. The Bertz CT molecular complexity index is 478. The Morgan fingerprint density at radius 2 is 2.11 bits per heavy atom. The third kappa shape index (κ3) is 2.23. The smallest absolute Gasteiger partial charge is 0.236 e. The lowest BCUT2D eigenvalue weighted by Crippen LogP contribution is -2.50. The number of amides is 2. The van der Waals surface area contributed by atoms with E-state index in [1.807, 2.05) is 31.2 Å². The fraction of sp³-hybridized carbons (Fsp3) is 0.429. The summed E-state index contributed by atoms with van der Waals surface area (Å²) in [6.07, 6.45) is 2.71. The van der Waals surface area contributed by atoms with Gasteiger partial charge >= 0.3 is 0 Å². The van der Waals surface area contributed by atoms with Crippen molar-refractivity contribution in [2.75, 3.05) is 6.54 Å². The van der Waals surface area contributed by atoms with Gasteiger partial charge in [0.15, 0.2) is 0 Å². The van der Waals surface area contributed by atoms with Crippen LogP contribution in [0.4, 0.5) is 0 Å². The van der Waals surface area contributed by atoms with Gasteiger partial charge < -0.3 is 11.1 Å². The summed E-state index contributed by atoms with van der Waals surface area (Å²) in [6.45, 7) is 1.92. The largest absolute Gasteiger partial charge is 0.368 e. The molecule has 4 heteroatoms. The maximum absolute atomic E-state index is 12.2. The molecule has 0 radical (unpaired) electrons. The molecule has 0 aliphatic heterocycles. The average molecular weight is 246 g/mol. The van der Waals surface area contributed by atoms with Gasteiger partial charge in [0, 0.05) is 0 Å². The molecule has 1 fully saturated rings. The van der Waals surface area contributed by atoms with Crippen molar-refractivity contribution in [2.45, 2.75) is 31.6 Å². The van der Waals surface area contributed by atoms with E-state index in [4.69, 9.17) is 5.73 Å². The van der Waals surface area contributed by atoms with Crippen LogP contribution in [-0.2, 0) is 15.0 Å². The van der Waals surface area contributed by atoms with Gasteiger partial charge in [0.25, 0.3) is 0 Å². The number of aryl methyl sites for hydroxylation is 1. The second-order valence-corrected chi connectivity index (χ2v) is 4.95. The summed E-state index contributed by atoms with van der Waals surface area (Å²) in [6, 6.07) is 8.00. The molecule has 3 N–H and O–H groups in total. The number of carbonyl (C=O) groups is 2. The second-order valence-electron chi connectivity index (χ2n) is 4.95. The predicted octanol–water partition coefficient (Wildman–Crippen LogP) is 1.02. The molecule has 1 aromatic carbocycles. The Kier molecular flexibility index (Phi) is 3.36. The molecule has 0 heterocycles. The molecule has 2 rings (SSSR count). The van der Waals surface area contributed by atoms with Crippen LogP contribution >= 0.6 is 0 Å². The lowest BCUT2D eigenvalue weighted by Gasteiger charge is -2.40. The summed E-state index contributed by atoms with van der Waals surface area (Å²) < 4.78 is 0. The monoisotopic (exact) mass is 246 g/mol. The quantitative estimate of drug-likeness (QED) is 0.832. The van der Waals surface area contributed by atoms with Crippen molar-refractivity contribution < 1.29 is 9.59 Å². The van der Waals surface area contributed by atoms with Crippen molar-refractivity contribution in [1.29, 1.82) is 0 Å². The van der Waals surface area contributed by atoms with Crippen LogP contribution < -0.4 is 11.1 Å². The number of primary amides is 1. The standard InChI is InChI=1S/C14H18N2O2/c1-10-4-2-5-11(8-10)14(6-3-7-14)13(18)16-9-12(15)17/h2,4-5,8H,3,6-7,9H2,1H3,(H2,15,17)(H,16,18). The first-order valence-electron chi connectivity index (χ1n) is 6.18. The third-order valence-corrected chi connectivity index (χ3v) is 3.64. The summed E-state index contributed by atoms with van der Waals surface area (Å²) in [7, 11) is 0. The van der Waals surface area contributed by atoms with Crippen molar-refractivity contribution in [3.63, 3.8) is 0 Å². The van der Waals surface area contributed by atoms with Gasteiger partial charge in [-0.2, -0.15) is 0 Å². The zero-order valence-corrected chi connectivity index (χ0v) is 10.5. The molecule has 0 spiro atoms. The van der Waals surface area contributed by atoms with Crippen molar-refractivity contribution >= 4 is 11.8 Å². The Morgan fingerprint density at radius 1 is 1.39 bits per heavy atom. The molecule has 4 nitrogen and oxygen atoms in total. The first-order chi connectivity index (χ1) is 8.54. The highest BCUT2D eigenvalue weighted by molar-refractivity contribution is 5.92. The van der Waals surface area contributed by atoms with Crippen LogP contribution in [0.15, 0.2) is 24.3 Å². The first kappa shape index (κ1) is 12.6. The maximum atomic E-state index is 12.2. The highest BCUT2D eigenvalue weighted by atomic mass is 16.2. The Balaban J connectivity index is 2.20. The number of rotatable bonds is 4. The van der Waals surface area contributed by atoms with Crippen molar-refractivity contribution in [3.05, 3.63) is 35.4 Å². The summed E-state index contributed by atoms with van der Waals surface area (Å²) in [4.78, 5) is 23.0. The summed E-state index contributed by atoms with van der Waals surface area (Å²) in [5, 5.41) is 2.63. The van der Waals surface area contributed by atoms with Gasteiger partial charge in [-0.1, -0.05) is 36.2 Å². The number of carbonyl (C=O) groups excluding carboxylic acids is 2. The van der Waals surface area contributed by atoms with Gasteiger partial charge in [0.1, 0.15) is 0 Å². The van der Waals surface area contributed by atoms with E-state index < -0.39 is 11.3 Å². The van der Waals surface area contributed by atoms with E-state index in [-0.39, 0.29) is 12.5 Å². The van der Waals surface area contributed by atoms with Crippen LogP contribution in [0.1, 0.15) is 30.4 Å². The topological polar surface area (TPSA) is 72.2 Å². The fourth-order valence-corrected chi connectivity index (χ4v) is 2.46. The number of hydrogen-bond donors (Lipinski definition) is 2. The fourth-order valence-electron chi connectivity index (χ4n) is 2.46. The van der Waals surface area contributed by atoms with Gasteiger partial charge in [-0.25, -0.2) is 0 Å². The van der Waals surface area contributed by atoms with Gasteiger partial charge in [0.05, 0.1) is 12.0 Å². The van der Waals surface area contributed by atoms with Crippen LogP contribution in [0.3, 0.4) is 0 Å². The van der Waals surface area contributed by atoms with Gasteiger partial charge in [-0.3, -0.25) is 9.59 Å². The van der Waals surface area contributed by atoms with Crippen molar-refractivity contribution in [3.8, 4) is 0 Å². The second kappa shape index (κ2) is 4.80. The van der Waals surface area contributed by atoms with Crippen LogP contribution in [-0.4, -0.2) is 18.4 Å². The Morgan fingerprint density at radius 3 is 2.61 bits per heavy atom. The maximum Gasteiger partial charge on any atom is 0.236 e. The Hall–Kier alpha value is -1.84. The minimum absolute atomic E-state index is 0.0850. The molecule has 1 saturated carbocycles. The lowest BCUT2D eigenvalue weighted by atomic mass is 9.63. The van der Waals surface area contributed by atoms with Crippen molar-refractivity contribution in [2.24, 2.45) is 5.73 Å². The van der Waals surface area contributed by atoms with Gasteiger partial charge in [-0.15, -0.1) is 0 Å². The number of nitrogens with one attached hydrogen (secondary N) is 1. The molecule has 0 aromatic heterocycles. The summed E-state index contributed by atoms with van der Waals surface area (Å²) >= 11 is 0. The normalized spacial score (nSPS) is 16.7. The van der Waals surface area contributed by atoms with Crippen LogP contribution in [0.5, 0.6) is 0 Å². The van der Waals surface area contributed by atoms with E-state index in [1.54, 1.807) is 0 Å². The molecular formula is C14H18N2O2. The molecule has 0 atom stereocenters. The van der Waals surface area contributed by atoms with E-state index in [0.717, 1.165) is 30.4 Å². The first-order valence-corrected chi connectivity index (χ1v) is 6.18. The zero-order valence-electron chi connectivity index (χ0n) is 10.5. The van der Waals surface area contributed by atoms with E-state index in [1.165, 1.54) is 0 Å². The minimum atomic E-state index is -0.512. The highest BCUT2D eigenvalue weighted by Crippen LogP contribution is 2.44. The molecule has 96 valence electrons. The predicted molar refractivity (Wildman–Crippen MR) is 68.9 cm³/mol. The van der Waals surface area contributed by atoms with Crippen molar-refractivity contribution in [1.82, 2.24) is 5.32 Å². The molecule has 2 amide bonds. The SMILES string of the molecule is Cc1cccc(C2(C(=O)NCC(N)=O)CCC2)c1. The molecule has 1 aliphatic rings. The molecular weight excluding hydrogens is 228 g/mol. The van der Waals surface area contributed by atoms with Gasteiger partial charge in [-0.05, 0) is 25.3 Å². The average Bonchev–Trinajstić information content (AvgIpc) is 2.25. The number of benzene rings is 1. The number of hydrogen-bond acceptors (Lipinski definition) is 2. The van der Waals surface area contributed by atoms with E-state index in [2.05, 4.69) is 5.32 Å². The molecule has 1 aliphatic carbocycles. The summed E-state index contributed by atoms with van der Waals surface area (Å²) in [5.74, 6) is -0.597. The minimum Gasteiger partial charge on any atom is -0.368 e. The number of nitrogens with two attached hydrogens (primary N) is 1. The molecule has 0 bridgehead atoms. The third-order valence-electron chi connectivity index (χ3n) is 3.64. The lowest BCUT2D eigenvalue weighted by molar-refractivity contribution is -0.131. The van der Waals surface area contributed by atoms with Crippen LogP contribution in [0.25, 0.3) is 0 Å². The highest BCUT2D eigenvalue weighted by Gasteiger charge is 2.45. The molecule has 18 heavy (non-hydrogen) atoms. The van der Waals surface area contributed by atoms with E-state index in [9.17, 15) is 9.59 Å². The van der Waals surface area contributed by atoms with Crippen LogP contribution in [0.2, 0.25) is 0 Å². The van der Waals surface area contributed by atoms with E-state index in [0.29, 0.717) is 0 Å². The van der Waals surface area contributed by atoms with E-state index >= 15 is 0 Å². The van der Waals surface area contributed by atoms with Gasteiger partial charge in [0.2, 0.25) is 11.8 Å². The molecule has 1 aromatic rings. The Labute approximate surface area is 107 Å². The summed E-state index contributed by atoms with van der Waals surface area (Å²) in [5.41, 5.74) is 6.77. The molecule has 0 unspecified atom stereocenters. The van der Waals surface area contributed by atoms with Crippen LogP contribution in [0, 0.1) is 6.92 Å². The zero-order chi connectivity index (χ0) is 13.2.